The molecule has 0 bridgehead atoms. The van der Waals surface area contributed by atoms with Crippen molar-refractivity contribution >= 4 is 0 Å². The van der Waals surface area contributed by atoms with Crippen LogP contribution in [0.4, 0.5) is 4.39 Å². The molecular weight excluding hydrogens is 169 g/mol. The first kappa shape index (κ1) is 8.66. The summed E-state index contributed by atoms with van der Waals surface area (Å²) in [7, 11) is 0. The van der Waals surface area contributed by atoms with Gasteiger partial charge in [0.25, 0.3) is 0 Å². The van der Waals surface area contributed by atoms with E-state index >= 15 is 0 Å². The van der Waals surface area contributed by atoms with Crippen LogP contribution in [0, 0.1) is 5.82 Å². The predicted octanol–water partition coefficient (Wildman–Crippen LogP) is 2.09. The first-order valence-corrected chi connectivity index (χ1v) is 4.41. The number of halogens is 1. The molecule has 0 atom stereocenters. The summed E-state index contributed by atoms with van der Waals surface area (Å²) in [5.74, 6) is 5.22. The van der Waals surface area contributed by atoms with E-state index in [1.165, 1.54) is 6.07 Å². The standard InChI is InChI=1S/C10H12FNO/c11-10-5-7(6-13-12)1-4-9(10)8-2-3-8/h1,4-5,8H,2-3,6,12H2. The summed E-state index contributed by atoms with van der Waals surface area (Å²) >= 11 is 0. The smallest absolute Gasteiger partial charge is 0.127 e. The summed E-state index contributed by atoms with van der Waals surface area (Å²) in [6.07, 6.45) is 2.23. The lowest BCUT2D eigenvalue weighted by Gasteiger charge is -2.03. The highest BCUT2D eigenvalue weighted by atomic mass is 19.1. The number of nitrogens with two attached hydrogens (primary N) is 1. The predicted molar refractivity (Wildman–Crippen MR) is 47.4 cm³/mol. The van der Waals surface area contributed by atoms with Crippen molar-refractivity contribution < 1.29 is 9.23 Å². The zero-order valence-electron chi connectivity index (χ0n) is 7.29. The Morgan fingerprint density at radius 1 is 1.46 bits per heavy atom. The molecule has 1 saturated carbocycles. The van der Waals surface area contributed by atoms with Crippen molar-refractivity contribution in [1.82, 2.24) is 0 Å². The molecular formula is C10H12FNO. The second-order valence-electron chi connectivity index (χ2n) is 3.44. The van der Waals surface area contributed by atoms with Crippen LogP contribution in [0.3, 0.4) is 0 Å². The minimum absolute atomic E-state index is 0.128. The zero-order chi connectivity index (χ0) is 9.26. The Bertz CT molecular complexity index is 310. The Kier molecular flexibility index (Phi) is 2.29. The van der Waals surface area contributed by atoms with E-state index in [2.05, 4.69) is 4.84 Å². The fourth-order valence-corrected chi connectivity index (χ4v) is 1.48. The van der Waals surface area contributed by atoms with Gasteiger partial charge in [0.15, 0.2) is 0 Å². The third-order valence-electron chi connectivity index (χ3n) is 2.33. The van der Waals surface area contributed by atoms with Crippen molar-refractivity contribution in [3.8, 4) is 0 Å². The Balaban J connectivity index is 2.21. The molecule has 2 nitrogen and oxygen atoms in total. The van der Waals surface area contributed by atoms with Crippen molar-refractivity contribution in [3.63, 3.8) is 0 Å². The summed E-state index contributed by atoms with van der Waals surface area (Å²) in [5.41, 5.74) is 1.62. The highest BCUT2D eigenvalue weighted by Crippen LogP contribution is 2.41. The van der Waals surface area contributed by atoms with Gasteiger partial charge in [-0.25, -0.2) is 10.3 Å². The molecule has 0 heterocycles. The fraction of sp³-hybridized carbons (Fsp3) is 0.400. The van der Waals surface area contributed by atoms with Gasteiger partial charge in [0.05, 0.1) is 6.61 Å². The molecule has 2 rings (SSSR count). The highest BCUT2D eigenvalue weighted by Gasteiger charge is 2.26. The molecule has 1 aliphatic rings. The molecule has 3 heteroatoms. The summed E-state index contributed by atoms with van der Waals surface area (Å²) in [6, 6.07) is 5.20. The normalized spacial score (nSPS) is 16.2. The van der Waals surface area contributed by atoms with Gasteiger partial charge in [-0.1, -0.05) is 12.1 Å². The van der Waals surface area contributed by atoms with Crippen LogP contribution in [0.25, 0.3) is 0 Å². The van der Waals surface area contributed by atoms with Crippen molar-refractivity contribution in [2.75, 3.05) is 0 Å². The van der Waals surface area contributed by atoms with Crippen LogP contribution < -0.4 is 5.90 Å². The number of rotatable bonds is 3. The average molecular weight is 181 g/mol. The van der Waals surface area contributed by atoms with E-state index in [-0.39, 0.29) is 12.4 Å². The second-order valence-corrected chi connectivity index (χ2v) is 3.44. The minimum atomic E-state index is -0.128. The van der Waals surface area contributed by atoms with Gasteiger partial charge in [-0.2, -0.15) is 0 Å². The maximum Gasteiger partial charge on any atom is 0.127 e. The molecule has 0 amide bonds. The van der Waals surface area contributed by atoms with Crippen LogP contribution in [-0.4, -0.2) is 0 Å². The summed E-state index contributed by atoms with van der Waals surface area (Å²) in [6.45, 7) is 0.266. The Morgan fingerprint density at radius 3 is 2.77 bits per heavy atom. The maximum atomic E-state index is 13.4. The Labute approximate surface area is 76.5 Å². The van der Waals surface area contributed by atoms with Gasteiger partial charge in [0.1, 0.15) is 5.82 Å². The first-order chi connectivity index (χ1) is 6.31. The third kappa shape index (κ3) is 1.87. The van der Waals surface area contributed by atoms with E-state index in [4.69, 9.17) is 5.90 Å². The zero-order valence-corrected chi connectivity index (χ0v) is 7.29. The number of hydrogen-bond acceptors (Lipinski definition) is 2. The molecule has 1 fully saturated rings. The summed E-state index contributed by atoms with van der Waals surface area (Å²) < 4.78 is 13.4. The van der Waals surface area contributed by atoms with Gasteiger partial charge in [-0.15, -0.1) is 0 Å². The molecule has 1 aromatic carbocycles. The van der Waals surface area contributed by atoms with Crippen LogP contribution >= 0.6 is 0 Å². The molecule has 0 aromatic heterocycles. The quantitative estimate of drug-likeness (QED) is 0.725. The Hall–Kier alpha value is -0.930. The van der Waals surface area contributed by atoms with Crippen LogP contribution in [0.1, 0.15) is 29.9 Å². The van der Waals surface area contributed by atoms with Crippen molar-refractivity contribution in [2.24, 2.45) is 5.90 Å². The van der Waals surface area contributed by atoms with Gasteiger partial charge in [-0.05, 0) is 36.0 Å². The number of hydrogen-bond donors (Lipinski definition) is 1. The van der Waals surface area contributed by atoms with Crippen LogP contribution in [-0.2, 0) is 11.4 Å². The summed E-state index contributed by atoms with van der Waals surface area (Å²) in [5, 5.41) is 0. The van der Waals surface area contributed by atoms with E-state index in [0.29, 0.717) is 5.92 Å². The third-order valence-corrected chi connectivity index (χ3v) is 2.33. The molecule has 13 heavy (non-hydrogen) atoms. The van der Waals surface area contributed by atoms with Crippen molar-refractivity contribution in [3.05, 3.63) is 35.1 Å². The number of benzene rings is 1. The molecule has 0 spiro atoms. The molecule has 0 saturated heterocycles. The molecule has 0 aliphatic heterocycles. The first-order valence-electron chi connectivity index (χ1n) is 4.41. The Morgan fingerprint density at radius 2 is 2.23 bits per heavy atom. The molecule has 0 unspecified atom stereocenters. The molecule has 70 valence electrons. The highest BCUT2D eigenvalue weighted by molar-refractivity contribution is 5.29. The van der Waals surface area contributed by atoms with Crippen LogP contribution in [0.2, 0.25) is 0 Å². The molecule has 1 aliphatic carbocycles. The van der Waals surface area contributed by atoms with Crippen molar-refractivity contribution in [1.29, 1.82) is 0 Å². The van der Waals surface area contributed by atoms with E-state index in [9.17, 15) is 4.39 Å². The van der Waals surface area contributed by atoms with E-state index in [1.807, 2.05) is 12.1 Å². The van der Waals surface area contributed by atoms with E-state index in [0.717, 1.165) is 24.0 Å². The monoisotopic (exact) mass is 181 g/mol. The van der Waals surface area contributed by atoms with E-state index in [1.54, 1.807) is 0 Å². The fourth-order valence-electron chi connectivity index (χ4n) is 1.48. The average Bonchev–Trinajstić information content (AvgIpc) is 2.88. The van der Waals surface area contributed by atoms with Gasteiger partial charge < -0.3 is 0 Å². The molecule has 0 radical (unpaired) electrons. The van der Waals surface area contributed by atoms with Crippen LogP contribution in [0.5, 0.6) is 0 Å². The minimum Gasteiger partial charge on any atom is -0.300 e. The second kappa shape index (κ2) is 3.44. The lowest BCUT2D eigenvalue weighted by atomic mass is 10.1. The van der Waals surface area contributed by atoms with E-state index < -0.39 is 0 Å². The molecule has 1 aromatic rings. The largest absolute Gasteiger partial charge is 0.300 e. The summed E-state index contributed by atoms with van der Waals surface area (Å²) in [4.78, 5) is 4.43. The van der Waals surface area contributed by atoms with Crippen LogP contribution in [0.15, 0.2) is 18.2 Å². The van der Waals surface area contributed by atoms with Gasteiger partial charge in [-0.3, -0.25) is 4.84 Å². The molecule has 2 N–H and O–H groups in total. The maximum absolute atomic E-state index is 13.4. The van der Waals surface area contributed by atoms with Gasteiger partial charge in [0.2, 0.25) is 0 Å². The SMILES string of the molecule is NOCc1ccc(C2CC2)c(F)c1. The topological polar surface area (TPSA) is 35.2 Å². The van der Waals surface area contributed by atoms with Gasteiger partial charge >= 0.3 is 0 Å². The lowest BCUT2D eigenvalue weighted by molar-refractivity contribution is 0.124. The van der Waals surface area contributed by atoms with Gasteiger partial charge in [0, 0.05) is 0 Å². The lowest BCUT2D eigenvalue weighted by Crippen LogP contribution is -2.00. The van der Waals surface area contributed by atoms with Crippen molar-refractivity contribution in [2.45, 2.75) is 25.4 Å².